The Kier molecular flexibility index (Phi) is 4.07. The maximum absolute atomic E-state index is 13.8. The lowest BCUT2D eigenvalue weighted by atomic mass is 10.2. The minimum absolute atomic E-state index is 0.0111. The second kappa shape index (κ2) is 5.77. The molecule has 2 aromatic rings. The van der Waals surface area contributed by atoms with Crippen LogP contribution in [0, 0.1) is 11.6 Å². The Balaban J connectivity index is 2.52. The predicted octanol–water partition coefficient (Wildman–Crippen LogP) is 2.65. The maximum atomic E-state index is 13.8. The van der Waals surface area contributed by atoms with Gasteiger partial charge in [0.25, 0.3) is 0 Å². The molecule has 0 saturated heterocycles. The van der Waals surface area contributed by atoms with Crippen molar-refractivity contribution in [1.82, 2.24) is 15.0 Å². The van der Waals surface area contributed by atoms with Gasteiger partial charge in [-0.2, -0.15) is 15.0 Å². The van der Waals surface area contributed by atoms with Gasteiger partial charge in [-0.3, -0.25) is 0 Å². The fourth-order valence-electron chi connectivity index (χ4n) is 1.52. The third-order valence-electron chi connectivity index (χ3n) is 2.35. The number of nitrogens with zero attached hydrogens (tertiary/aromatic N) is 3. The van der Waals surface area contributed by atoms with E-state index >= 15 is 0 Å². The number of halogens is 2. The molecule has 5 nitrogen and oxygen atoms in total. The molecule has 0 saturated carbocycles. The summed E-state index contributed by atoms with van der Waals surface area (Å²) in [6.07, 6.45) is -0.146. The highest BCUT2D eigenvalue weighted by molar-refractivity contribution is 5.57. The minimum Gasteiger partial charge on any atom is -0.461 e. The van der Waals surface area contributed by atoms with Gasteiger partial charge in [-0.05, 0) is 32.0 Å². The highest BCUT2D eigenvalue weighted by Crippen LogP contribution is 2.23. The molecule has 0 fully saturated rings. The summed E-state index contributed by atoms with van der Waals surface area (Å²) in [5, 5.41) is 2.73. The zero-order valence-electron chi connectivity index (χ0n) is 11.3. The third-order valence-corrected chi connectivity index (χ3v) is 2.35. The fraction of sp³-hybridized carbons (Fsp3) is 0.308. The molecule has 106 valence electrons. The molecule has 2 rings (SSSR count). The van der Waals surface area contributed by atoms with E-state index in [9.17, 15) is 8.78 Å². The van der Waals surface area contributed by atoms with Crippen LogP contribution in [0.2, 0.25) is 0 Å². The molecule has 0 spiro atoms. The molecular formula is C13H14F2N4O. The van der Waals surface area contributed by atoms with Gasteiger partial charge < -0.3 is 10.1 Å². The molecule has 1 heterocycles. The normalized spacial score (nSPS) is 10.7. The fourth-order valence-corrected chi connectivity index (χ4v) is 1.52. The van der Waals surface area contributed by atoms with Crippen molar-refractivity contribution in [3.8, 4) is 17.4 Å². The second-order valence-corrected chi connectivity index (χ2v) is 4.31. The number of nitrogens with one attached hydrogen (secondary N) is 1. The summed E-state index contributed by atoms with van der Waals surface area (Å²) < 4.78 is 32.4. The molecule has 0 radical (unpaired) electrons. The van der Waals surface area contributed by atoms with Gasteiger partial charge in [-0.25, -0.2) is 8.78 Å². The number of aromatic nitrogens is 3. The quantitative estimate of drug-likeness (QED) is 0.933. The first kappa shape index (κ1) is 14.1. The highest BCUT2D eigenvalue weighted by atomic mass is 19.1. The summed E-state index contributed by atoms with van der Waals surface area (Å²) >= 11 is 0. The van der Waals surface area contributed by atoms with Crippen molar-refractivity contribution in [3.05, 3.63) is 29.8 Å². The number of ether oxygens (including phenoxy) is 1. The van der Waals surface area contributed by atoms with Crippen LogP contribution in [0.25, 0.3) is 11.4 Å². The summed E-state index contributed by atoms with van der Waals surface area (Å²) in [4.78, 5) is 12.0. The second-order valence-electron chi connectivity index (χ2n) is 4.31. The van der Waals surface area contributed by atoms with Gasteiger partial charge in [0, 0.05) is 7.05 Å². The Labute approximate surface area is 115 Å². The predicted molar refractivity (Wildman–Crippen MR) is 70.5 cm³/mol. The molecule has 0 aliphatic rings. The van der Waals surface area contributed by atoms with Gasteiger partial charge in [0.1, 0.15) is 11.6 Å². The summed E-state index contributed by atoms with van der Waals surface area (Å²) in [6.45, 7) is 3.62. The van der Waals surface area contributed by atoms with Gasteiger partial charge in [0.2, 0.25) is 5.95 Å². The van der Waals surface area contributed by atoms with Crippen LogP contribution in [0.1, 0.15) is 13.8 Å². The van der Waals surface area contributed by atoms with E-state index in [-0.39, 0.29) is 29.5 Å². The third kappa shape index (κ3) is 3.17. The van der Waals surface area contributed by atoms with E-state index in [0.29, 0.717) is 0 Å². The van der Waals surface area contributed by atoms with E-state index in [1.807, 2.05) is 13.8 Å². The molecule has 0 amide bonds. The first-order chi connectivity index (χ1) is 9.49. The van der Waals surface area contributed by atoms with Crippen LogP contribution < -0.4 is 10.1 Å². The van der Waals surface area contributed by atoms with Gasteiger partial charge >= 0.3 is 6.01 Å². The van der Waals surface area contributed by atoms with Crippen molar-refractivity contribution < 1.29 is 13.5 Å². The van der Waals surface area contributed by atoms with Gasteiger partial charge in [0.05, 0.1) is 11.7 Å². The van der Waals surface area contributed by atoms with Crippen LogP contribution in [0.4, 0.5) is 14.7 Å². The zero-order valence-corrected chi connectivity index (χ0v) is 11.3. The lowest BCUT2D eigenvalue weighted by Crippen LogP contribution is -2.11. The summed E-state index contributed by atoms with van der Waals surface area (Å²) in [5.74, 6) is -0.958. The summed E-state index contributed by atoms with van der Waals surface area (Å²) in [7, 11) is 1.61. The van der Waals surface area contributed by atoms with Gasteiger partial charge in [-0.15, -0.1) is 0 Å². The van der Waals surface area contributed by atoms with Gasteiger partial charge in [-0.1, -0.05) is 0 Å². The summed E-state index contributed by atoms with van der Waals surface area (Å²) in [5.41, 5.74) is -0.0440. The number of rotatable bonds is 4. The molecular weight excluding hydrogens is 266 g/mol. The lowest BCUT2D eigenvalue weighted by Gasteiger charge is -2.10. The molecule has 0 unspecified atom stereocenters. The first-order valence-corrected chi connectivity index (χ1v) is 6.05. The smallest absolute Gasteiger partial charge is 0.322 e. The minimum atomic E-state index is -0.616. The standard InChI is InChI=1S/C13H14F2N4O/c1-7(2)20-13-18-11(17-12(16-3)19-13)9-6-8(14)4-5-10(9)15/h4-7H,1-3H3,(H,16,17,18,19). The number of hydrogen-bond acceptors (Lipinski definition) is 5. The van der Waals surface area contributed by atoms with Crippen LogP contribution in [-0.2, 0) is 0 Å². The SMILES string of the molecule is CNc1nc(OC(C)C)nc(-c2cc(F)ccc2F)n1. The Morgan fingerprint density at radius 2 is 1.90 bits per heavy atom. The van der Waals surface area contributed by atoms with E-state index in [1.165, 1.54) is 0 Å². The van der Waals surface area contributed by atoms with Crippen molar-refractivity contribution in [2.75, 3.05) is 12.4 Å². The first-order valence-electron chi connectivity index (χ1n) is 6.05. The van der Waals surface area contributed by atoms with Crippen molar-refractivity contribution >= 4 is 5.95 Å². The number of benzene rings is 1. The molecule has 7 heteroatoms. The molecule has 0 aliphatic heterocycles. The van der Waals surface area contributed by atoms with Gasteiger partial charge in [0.15, 0.2) is 5.82 Å². The highest BCUT2D eigenvalue weighted by Gasteiger charge is 2.14. The van der Waals surface area contributed by atoms with E-state index in [0.717, 1.165) is 18.2 Å². The summed E-state index contributed by atoms with van der Waals surface area (Å²) in [6, 6.07) is 3.14. The van der Waals surface area contributed by atoms with Crippen LogP contribution in [0.5, 0.6) is 6.01 Å². The van der Waals surface area contributed by atoms with E-state index < -0.39 is 11.6 Å². The Morgan fingerprint density at radius 1 is 1.15 bits per heavy atom. The topological polar surface area (TPSA) is 59.9 Å². The van der Waals surface area contributed by atoms with Crippen LogP contribution >= 0.6 is 0 Å². The Hall–Kier alpha value is -2.31. The molecule has 20 heavy (non-hydrogen) atoms. The Bertz CT molecular complexity index is 619. The number of hydrogen-bond donors (Lipinski definition) is 1. The average Bonchev–Trinajstić information content (AvgIpc) is 2.40. The van der Waals surface area contributed by atoms with Crippen molar-refractivity contribution in [2.45, 2.75) is 20.0 Å². The van der Waals surface area contributed by atoms with E-state index in [2.05, 4.69) is 20.3 Å². The van der Waals surface area contributed by atoms with Crippen LogP contribution in [0.3, 0.4) is 0 Å². The molecule has 1 N–H and O–H groups in total. The Morgan fingerprint density at radius 3 is 2.55 bits per heavy atom. The average molecular weight is 280 g/mol. The monoisotopic (exact) mass is 280 g/mol. The molecule has 1 aromatic carbocycles. The van der Waals surface area contributed by atoms with E-state index in [1.54, 1.807) is 7.05 Å². The van der Waals surface area contributed by atoms with Crippen molar-refractivity contribution in [3.63, 3.8) is 0 Å². The number of anilines is 1. The van der Waals surface area contributed by atoms with Crippen molar-refractivity contribution in [1.29, 1.82) is 0 Å². The zero-order chi connectivity index (χ0) is 14.7. The van der Waals surface area contributed by atoms with Crippen LogP contribution in [0.15, 0.2) is 18.2 Å². The van der Waals surface area contributed by atoms with Crippen molar-refractivity contribution in [2.24, 2.45) is 0 Å². The molecule has 0 aliphatic carbocycles. The molecule has 1 aromatic heterocycles. The largest absolute Gasteiger partial charge is 0.461 e. The lowest BCUT2D eigenvalue weighted by molar-refractivity contribution is 0.222. The van der Waals surface area contributed by atoms with Crippen LogP contribution in [-0.4, -0.2) is 28.1 Å². The maximum Gasteiger partial charge on any atom is 0.322 e. The molecule has 0 atom stereocenters. The molecule has 0 bridgehead atoms. The van der Waals surface area contributed by atoms with E-state index in [4.69, 9.17) is 4.74 Å².